The van der Waals surface area contributed by atoms with Crippen LogP contribution in [0.2, 0.25) is 11.6 Å². The fourth-order valence-electron chi connectivity index (χ4n) is 2.28. The van der Waals surface area contributed by atoms with Crippen LogP contribution in [0.25, 0.3) is 0 Å². The topological polar surface area (TPSA) is 67.4 Å². The van der Waals surface area contributed by atoms with Crippen molar-refractivity contribution in [1.29, 1.82) is 0 Å². The van der Waals surface area contributed by atoms with Gasteiger partial charge < -0.3 is 31.9 Å². The van der Waals surface area contributed by atoms with Gasteiger partial charge in [-0.25, -0.2) is 0 Å². The summed E-state index contributed by atoms with van der Waals surface area (Å²) in [5.41, 5.74) is 0.173. The van der Waals surface area contributed by atoms with Crippen molar-refractivity contribution in [2.24, 2.45) is 0 Å². The zero-order valence-corrected chi connectivity index (χ0v) is 16.4. The van der Waals surface area contributed by atoms with E-state index in [1.54, 1.807) is 42.7 Å². The van der Waals surface area contributed by atoms with E-state index in [1.807, 2.05) is 0 Å². The zero-order valence-electron chi connectivity index (χ0n) is 14.4. The largest absolute Gasteiger partial charge is 0.504 e. The fourth-order valence-corrected chi connectivity index (χ4v) is 6.11. The van der Waals surface area contributed by atoms with Crippen molar-refractivity contribution in [2.75, 3.05) is 55.7 Å². The van der Waals surface area contributed by atoms with Crippen LogP contribution in [0, 0.1) is 0 Å². The van der Waals surface area contributed by atoms with Crippen LogP contribution in [0.5, 0.6) is 0 Å². The average molecular weight is 342 g/mol. The van der Waals surface area contributed by atoms with Gasteiger partial charge in [-0.1, -0.05) is 6.92 Å². The smallest absolute Gasteiger partial charge is 0.377 e. The van der Waals surface area contributed by atoms with Crippen LogP contribution in [0.4, 0.5) is 0 Å². The standard InChI is InChI=1S/C12H31NO6Si2/c1-12(21(17-5,18-6)19-7)11-13-9-8-10-20(14-2,15-3)16-4/h12-13H,8-11H2,1-7H3. The Balaban J connectivity index is 4.10. The Morgan fingerprint density at radius 1 is 0.810 bits per heavy atom. The van der Waals surface area contributed by atoms with Gasteiger partial charge in [0.05, 0.1) is 0 Å². The van der Waals surface area contributed by atoms with Gasteiger partial charge in [-0.3, -0.25) is 0 Å². The van der Waals surface area contributed by atoms with E-state index in [-0.39, 0.29) is 5.54 Å². The summed E-state index contributed by atoms with van der Waals surface area (Å²) >= 11 is 0. The Kier molecular flexibility index (Phi) is 10.9. The second-order valence-corrected chi connectivity index (χ2v) is 11.2. The molecule has 1 atom stereocenters. The molecule has 0 saturated heterocycles. The third kappa shape index (κ3) is 6.04. The predicted molar refractivity (Wildman–Crippen MR) is 85.3 cm³/mol. The minimum atomic E-state index is -2.57. The molecule has 0 bridgehead atoms. The lowest BCUT2D eigenvalue weighted by molar-refractivity contribution is 0.112. The monoisotopic (exact) mass is 341 g/mol. The molecule has 0 aromatic carbocycles. The molecule has 0 rings (SSSR count). The number of hydrogen-bond donors (Lipinski definition) is 1. The third-order valence-electron chi connectivity index (χ3n) is 3.68. The van der Waals surface area contributed by atoms with Crippen molar-refractivity contribution in [3.05, 3.63) is 0 Å². The Morgan fingerprint density at radius 2 is 1.29 bits per heavy atom. The highest BCUT2D eigenvalue weighted by Crippen LogP contribution is 2.22. The molecule has 0 aliphatic rings. The molecule has 0 aromatic rings. The lowest BCUT2D eigenvalue weighted by Crippen LogP contribution is -2.49. The highest BCUT2D eigenvalue weighted by atomic mass is 28.4. The molecule has 0 aromatic heterocycles. The van der Waals surface area contributed by atoms with E-state index >= 15 is 0 Å². The number of nitrogens with one attached hydrogen (secondary N) is 1. The quantitative estimate of drug-likeness (QED) is 0.397. The third-order valence-corrected chi connectivity index (χ3v) is 9.63. The SMILES string of the molecule is CO[Si](CCCNCC(C)[Si](OC)(OC)OC)(OC)OC. The Hall–Kier alpha value is 0.154. The molecule has 0 amide bonds. The van der Waals surface area contributed by atoms with Crippen molar-refractivity contribution in [1.82, 2.24) is 5.32 Å². The van der Waals surface area contributed by atoms with Gasteiger partial charge in [0.1, 0.15) is 0 Å². The molecule has 0 heterocycles. The second kappa shape index (κ2) is 10.8. The van der Waals surface area contributed by atoms with E-state index in [4.69, 9.17) is 26.6 Å². The molecule has 0 fully saturated rings. The summed E-state index contributed by atoms with van der Waals surface area (Å²) in [5.74, 6) is 0. The first kappa shape index (κ1) is 21.2. The van der Waals surface area contributed by atoms with E-state index in [2.05, 4.69) is 12.2 Å². The minimum Gasteiger partial charge on any atom is -0.377 e. The Bertz CT molecular complexity index is 248. The van der Waals surface area contributed by atoms with E-state index < -0.39 is 17.6 Å². The van der Waals surface area contributed by atoms with Gasteiger partial charge >= 0.3 is 17.6 Å². The van der Waals surface area contributed by atoms with Crippen molar-refractivity contribution in [2.45, 2.75) is 24.9 Å². The van der Waals surface area contributed by atoms with Crippen LogP contribution >= 0.6 is 0 Å². The summed E-state index contributed by atoms with van der Waals surface area (Å²) in [6.07, 6.45) is 0.913. The van der Waals surface area contributed by atoms with Crippen LogP contribution in [-0.4, -0.2) is 73.4 Å². The van der Waals surface area contributed by atoms with E-state index in [0.717, 1.165) is 25.6 Å². The molecule has 0 spiro atoms. The molecule has 0 aliphatic heterocycles. The second-order valence-electron chi connectivity index (χ2n) is 4.72. The molecular formula is C12H31NO6Si2. The molecule has 1 N–H and O–H groups in total. The number of hydrogen-bond acceptors (Lipinski definition) is 7. The first-order valence-electron chi connectivity index (χ1n) is 7.01. The lowest BCUT2D eigenvalue weighted by Gasteiger charge is -2.30. The first-order valence-corrected chi connectivity index (χ1v) is 10.7. The van der Waals surface area contributed by atoms with Crippen molar-refractivity contribution in [3.63, 3.8) is 0 Å². The first-order chi connectivity index (χ1) is 9.99. The van der Waals surface area contributed by atoms with Gasteiger partial charge in [0.15, 0.2) is 0 Å². The summed E-state index contributed by atoms with van der Waals surface area (Å²) in [7, 11) is 4.76. The van der Waals surface area contributed by atoms with E-state index in [0.29, 0.717) is 0 Å². The van der Waals surface area contributed by atoms with Gasteiger partial charge in [-0.15, -0.1) is 0 Å². The van der Waals surface area contributed by atoms with Crippen molar-refractivity contribution >= 4 is 17.6 Å². The molecule has 0 aliphatic carbocycles. The van der Waals surface area contributed by atoms with Crippen molar-refractivity contribution < 1.29 is 26.6 Å². The normalized spacial score (nSPS) is 14.4. The summed E-state index contributed by atoms with van der Waals surface area (Å²) in [6.45, 7) is 3.67. The zero-order chi connectivity index (χ0) is 16.4. The molecule has 128 valence electrons. The van der Waals surface area contributed by atoms with Gasteiger partial charge in [-0.05, 0) is 13.0 Å². The molecular weight excluding hydrogens is 310 g/mol. The van der Waals surface area contributed by atoms with Crippen molar-refractivity contribution in [3.8, 4) is 0 Å². The van der Waals surface area contributed by atoms with Gasteiger partial charge in [-0.2, -0.15) is 0 Å². The highest BCUT2D eigenvalue weighted by molar-refractivity contribution is 6.62. The van der Waals surface area contributed by atoms with Crippen LogP contribution in [0.3, 0.4) is 0 Å². The molecule has 21 heavy (non-hydrogen) atoms. The maximum atomic E-state index is 5.46. The van der Waals surface area contributed by atoms with Crippen LogP contribution in [0.1, 0.15) is 13.3 Å². The maximum absolute atomic E-state index is 5.46. The van der Waals surface area contributed by atoms with Crippen LogP contribution < -0.4 is 5.32 Å². The summed E-state index contributed by atoms with van der Waals surface area (Å²) < 4.78 is 32.5. The van der Waals surface area contributed by atoms with Gasteiger partial charge in [0.25, 0.3) is 0 Å². The Labute approximate surface area is 130 Å². The highest BCUT2D eigenvalue weighted by Gasteiger charge is 2.44. The molecule has 1 unspecified atom stereocenters. The molecule has 7 nitrogen and oxygen atoms in total. The predicted octanol–water partition coefficient (Wildman–Crippen LogP) is 1.11. The lowest BCUT2D eigenvalue weighted by atomic mass is 10.4. The summed E-state index contributed by atoms with van der Waals surface area (Å²) in [5, 5.41) is 3.39. The average Bonchev–Trinajstić information content (AvgIpc) is 2.53. The molecule has 9 heteroatoms. The van der Waals surface area contributed by atoms with Gasteiger partial charge in [0, 0.05) is 60.8 Å². The maximum Gasteiger partial charge on any atom is 0.504 e. The minimum absolute atomic E-state index is 0.173. The number of rotatable bonds is 13. The molecule has 0 saturated carbocycles. The fraction of sp³-hybridized carbons (Fsp3) is 1.00. The van der Waals surface area contributed by atoms with Gasteiger partial charge in [0.2, 0.25) is 0 Å². The molecule has 0 radical (unpaired) electrons. The van der Waals surface area contributed by atoms with Crippen LogP contribution in [-0.2, 0) is 26.6 Å². The summed E-state index contributed by atoms with van der Waals surface area (Å²) in [4.78, 5) is 0. The van der Waals surface area contributed by atoms with E-state index in [9.17, 15) is 0 Å². The van der Waals surface area contributed by atoms with Crippen LogP contribution in [0.15, 0.2) is 0 Å². The Morgan fingerprint density at radius 3 is 1.67 bits per heavy atom. The summed E-state index contributed by atoms with van der Waals surface area (Å²) in [6, 6.07) is 0.777. The van der Waals surface area contributed by atoms with E-state index in [1.165, 1.54) is 0 Å².